The van der Waals surface area contributed by atoms with Gasteiger partial charge in [-0.1, -0.05) is 18.2 Å². The molecule has 3 aliphatic rings. The lowest BCUT2D eigenvalue weighted by Gasteiger charge is -2.25. The summed E-state index contributed by atoms with van der Waals surface area (Å²) in [5.74, 6) is 0.937. The molecule has 7 heteroatoms. The third kappa shape index (κ3) is 1.56. The molecule has 4 rings (SSSR count). The highest BCUT2D eigenvalue weighted by molar-refractivity contribution is 7.80. The lowest BCUT2D eigenvalue weighted by Crippen LogP contribution is -2.41. The molecule has 1 fully saturated rings. The second-order valence-electron chi connectivity index (χ2n) is 4.48. The number of aliphatic imine (C=N–C) groups is 1. The summed E-state index contributed by atoms with van der Waals surface area (Å²) < 4.78 is 0. The van der Waals surface area contributed by atoms with Gasteiger partial charge in [-0.2, -0.15) is 0 Å². The minimum Gasteiger partial charge on any atom is -0.296 e. The number of hydrazine groups is 2. The first-order valence-corrected chi connectivity index (χ1v) is 6.45. The maximum Gasteiger partial charge on any atom is 0.190 e. The number of hydrogen-bond donors (Lipinski definition) is 3. The molecule has 0 saturated carbocycles. The van der Waals surface area contributed by atoms with Crippen LogP contribution < -0.4 is 21.3 Å². The Bertz CT molecular complexity index is 595. The molecule has 1 aromatic carbocycles. The molecule has 96 valence electrons. The third-order valence-electron chi connectivity index (χ3n) is 3.40. The van der Waals surface area contributed by atoms with Gasteiger partial charge in [-0.05, 0) is 24.4 Å². The van der Waals surface area contributed by atoms with Crippen molar-refractivity contribution >= 4 is 29.4 Å². The van der Waals surface area contributed by atoms with Crippen LogP contribution in [0.2, 0.25) is 0 Å². The maximum absolute atomic E-state index is 5.20. The molecule has 0 spiro atoms. The van der Waals surface area contributed by atoms with Crippen LogP contribution in [0.1, 0.15) is 0 Å². The first kappa shape index (κ1) is 10.9. The van der Waals surface area contributed by atoms with Crippen LogP contribution in [0.25, 0.3) is 0 Å². The SMILES string of the molecule is S=C1NNC2C3=C(N=CN12)N(c1ccccc1)NC3. The van der Waals surface area contributed by atoms with Gasteiger partial charge in [0.05, 0.1) is 5.69 Å². The molecule has 0 aromatic heterocycles. The minimum absolute atomic E-state index is 0.0428. The molecule has 0 radical (unpaired) electrons. The molecule has 0 bridgehead atoms. The van der Waals surface area contributed by atoms with Crippen LogP contribution in [0.15, 0.2) is 46.7 Å². The molecule has 3 aliphatic heterocycles. The van der Waals surface area contributed by atoms with Crippen molar-refractivity contribution in [2.75, 3.05) is 11.6 Å². The van der Waals surface area contributed by atoms with Crippen LogP contribution in [-0.2, 0) is 0 Å². The first-order chi connectivity index (χ1) is 9.34. The van der Waals surface area contributed by atoms with Gasteiger partial charge in [0.15, 0.2) is 10.9 Å². The molecule has 1 atom stereocenters. The van der Waals surface area contributed by atoms with Crippen molar-refractivity contribution in [2.45, 2.75) is 6.17 Å². The van der Waals surface area contributed by atoms with Crippen molar-refractivity contribution in [1.29, 1.82) is 0 Å². The highest BCUT2D eigenvalue weighted by Gasteiger charge is 2.38. The average Bonchev–Trinajstić information content (AvgIpc) is 3.03. The number of hydrogen-bond acceptors (Lipinski definition) is 5. The number of benzene rings is 1. The van der Waals surface area contributed by atoms with Crippen LogP contribution >= 0.6 is 12.2 Å². The largest absolute Gasteiger partial charge is 0.296 e. The fourth-order valence-electron chi connectivity index (χ4n) is 2.48. The summed E-state index contributed by atoms with van der Waals surface area (Å²) in [6, 6.07) is 10.1. The third-order valence-corrected chi connectivity index (χ3v) is 3.72. The Kier molecular flexibility index (Phi) is 2.31. The Hall–Kier alpha value is -1.96. The van der Waals surface area contributed by atoms with E-state index in [-0.39, 0.29) is 6.17 Å². The lowest BCUT2D eigenvalue weighted by atomic mass is 10.2. The number of rotatable bonds is 1. The Labute approximate surface area is 115 Å². The van der Waals surface area contributed by atoms with E-state index in [2.05, 4.69) is 33.4 Å². The van der Waals surface area contributed by atoms with Crippen LogP contribution in [0, 0.1) is 0 Å². The molecule has 1 aromatic rings. The Morgan fingerprint density at radius 1 is 1.26 bits per heavy atom. The monoisotopic (exact) mass is 272 g/mol. The second kappa shape index (κ2) is 4.02. The highest BCUT2D eigenvalue weighted by atomic mass is 32.1. The summed E-state index contributed by atoms with van der Waals surface area (Å²) in [6.45, 7) is 0.750. The zero-order valence-corrected chi connectivity index (χ0v) is 10.8. The Balaban J connectivity index is 1.72. The van der Waals surface area contributed by atoms with Gasteiger partial charge in [0.25, 0.3) is 0 Å². The van der Waals surface area contributed by atoms with Crippen molar-refractivity contribution in [3.8, 4) is 0 Å². The minimum atomic E-state index is 0.0428. The van der Waals surface area contributed by atoms with E-state index in [4.69, 9.17) is 12.2 Å². The average molecular weight is 272 g/mol. The molecular formula is C12H12N6S. The fourth-order valence-corrected chi connectivity index (χ4v) is 2.70. The molecular weight excluding hydrogens is 260 g/mol. The van der Waals surface area contributed by atoms with Gasteiger partial charge < -0.3 is 0 Å². The second-order valence-corrected chi connectivity index (χ2v) is 4.87. The number of fused-ring (bicyclic) bond motifs is 2. The Morgan fingerprint density at radius 3 is 2.95 bits per heavy atom. The van der Waals surface area contributed by atoms with Crippen LogP contribution in [0.4, 0.5) is 5.69 Å². The lowest BCUT2D eigenvalue weighted by molar-refractivity contribution is 0.462. The molecule has 3 heterocycles. The predicted octanol–water partition coefficient (Wildman–Crippen LogP) is 0.285. The van der Waals surface area contributed by atoms with Crippen LogP contribution in [0.5, 0.6) is 0 Å². The summed E-state index contributed by atoms with van der Waals surface area (Å²) in [4.78, 5) is 6.44. The van der Waals surface area contributed by atoms with Gasteiger partial charge in [-0.15, -0.1) is 0 Å². The highest BCUT2D eigenvalue weighted by Crippen LogP contribution is 2.29. The number of nitrogens with one attached hydrogen (secondary N) is 3. The van der Waals surface area contributed by atoms with Gasteiger partial charge in [-0.25, -0.2) is 15.8 Å². The van der Waals surface area contributed by atoms with E-state index in [0.717, 1.165) is 18.1 Å². The quantitative estimate of drug-likeness (QED) is 0.639. The number of anilines is 1. The van der Waals surface area contributed by atoms with Crippen molar-refractivity contribution in [3.63, 3.8) is 0 Å². The normalized spacial score (nSPS) is 24.6. The van der Waals surface area contributed by atoms with Crippen LogP contribution in [0.3, 0.4) is 0 Å². The van der Waals surface area contributed by atoms with E-state index in [0.29, 0.717) is 5.11 Å². The zero-order chi connectivity index (χ0) is 12.8. The summed E-state index contributed by atoms with van der Waals surface area (Å²) in [7, 11) is 0. The first-order valence-electron chi connectivity index (χ1n) is 6.04. The number of thiocarbonyl (C=S) groups is 1. The predicted molar refractivity (Wildman–Crippen MR) is 76.9 cm³/mol. The summed E-state index contributed by atoms with van der Waals surface area (Å²) in [5, 5.41) is 2.66. The summed E-state index contributed by atoms with van der Waals surface area (Å²) in [5.41, 5.74) is 11.7. The molecule has 6 nitrogen and oxygen atoms in total. The topological polar surface area (TPSA) is 54.9 Å². The number of nitrogens with zero attached hydrogens (tertiary/aromatic N) is 3. The van der Waals surface area contributed by atoms with Gasteiger partial charge in [0, 0.05) is 12.1 Å². The van der Waals surface area contributed by atoms with E-state index >= 15 is 0 Å². The van der Waals surface area contributed by atoms with E-state index < -0.39 is 0 Å². The van der Waals surface area contributed by atoms with E-state index in [9.17, 15) is 0 Å². The molecule has 19 heavy (non-hydrogen) atoms. The van der Waals surface area contributed by atoms with Gasteiger partial charge in [-0.3, -0.25) is 15.3 Å². The van der Waals surface area contributed by atoms with Gasteiger partial charge in [0.1, 0.15) is 12.5 Å². The molecule has 0 aliphatic carbocycles. The van der Waals surface area contributed by atoms with E-state index in [1.165, 1.54) is 5.57 Å². The van der Waals surface area contributed by atoms with Crippen molar-refractivity contribution in [3.05, 3.63) is 41.7 Å². The van der Waals surface area contributed by atoms with Gasteiger partial charge >= 0.3 is 0 Å². The molecule has 3 N–H and O–H groups in total. The van der Waals surface area contributed by atoms with Crippen molar-refractivity contribution in [2.24, 2.45) is 4.99 Å². The van der Waals surface area contributed by atoms with Crippen LogP contribution in [-0.4, -0.2) is 29.1 Å². The molecule has 0 amide bonds. The molecule has 1 unspecified atom stereocenters. The summed E-state index contributed by atoms with van der Waals surface area (Å²) in [6.07, 6.45) is 1.81. The maximum atomic E-state index is 5.20. The fraction of sp³-hybridized carbons (Fsp3) is 0.167. The van der Waals surface area contributed by atoms with Crippen molar-refractivity contribution in [1.82, 2.24) is 21.2 Å². The zero-order valence-electron chi connectivity index (χ0n) is 10.00. The summed E-state index contributed by atoms with van der Waals surface area (Å²) >= 11 is 5.20. The smallest absolute Gasteiger partial charge is 0.190 e. The van der Waals surface area contributed by atoms with Gasteiger partial charge in [0.2, 0.25) is 0 Å². The Morgan fingerprint density at radius 2 is 2.11 bits per heavy atom. The number of para-hydroxylation sites is 1. The molecule has 1 saturated heterocycles. The van der Waals surface area contributed by atoms with E-state index in [1.807, 2.05) is 28.1 Å². The van der Waals surface area contributed by atoms with E-state index in [1.54, 1.807) is 6.34 Å². The van der Waals surface area contributed by atoms with Crippen molar-refractivity contribution < 1.29 is 0 Å². The standard InChI is InChI=1S/C12H12N6S/c19-12-16-15-11-9-6-14-18(8-4-2-1-3-5-8)10(9)13-7-17(11)12/h1-5,7,11,14-15H,6H2,(H,16,19).